The average Bonchev–Trinajstić information content (AvgIpc) is 1.98. The van der Waals surface area contributed by atoms with E-state index in [1.54, 1.807) is 7.05 Å². The molecule has 4 heteroatoms. The van der Waals surface area contributed by atoms with Gasteiger partial charge in [0, 0.05) is 7.05 Å². The lowest BCUT2D eigenvalue weighted by atomic mass is 10.1. The highest BCUT2D eigenvalue weighted by Gasteiger charge is 2.09. The largest absolute Gasteiger partial charge is 0.358 e. The van der Waals surface area contributed by atoms with Crippen molar-refractivity contribution in [2.24, 2.45) is 11.5 Å². The first-order valence-corrected chi connectivity index (χ1v) is 3.39. The molecule has 4 nitrogen and oxygen atoms in total. The van der Waals surface area contributed by atoms with Gasteiger partial charge in [-0.1, -0.05) is 0 Å². The van der Waals surface area contributed by atoms with E-state index in [0.29, 0.717) is 13.0 Å². The molecule has 0 unspecified atom stereocenters. The van der Waals surface area contributed by atoms with Gasteiger partial charge in [-0.3, -0.25) is 4.79 Å². The van der Waals surface area contributed by atoms with Crippen LogP contribution in [0.15, 0.2) is 0 Å². The van der Waals surface area contributed by atoms with Crippen molar-refractivity contribution in [2.75, 3.05) is 13.6 Å². The molecule has 0 radical (unpaired) electrons. The number of carbonyl (C=O) groups is 1. The maximum Gasteiger partial charge on any atom is 0.236 e. The summed E-state index contributed by atoms with van der Waals surface area (Å²) in [6.07, 6.45) is 1.46. The van der Waals surface area contributed by atoms with Crippen LogP contribution in [-0.4, -0.2) is 25.5 Å². The second kappa shape index (κ2) is 5.20. The molecule has 0 aromatic carbocycles. The molecule has 0 heterocycles. The zero-order valence-electron chi connectivity index (χ0n) is 6.26. The van der Waals surface area contributed by atoms with Crippen LogP contribution in [-0.2, 0) is 4.79 Å². The molecule has 0 spiro atoms. The Morgan fingerprint density at radius 2 is 2.30 bits per heavy atom. The predicted molar refractivity (Wildman–Crippen MR) is 40.3 cm³/mol. The second-order valence-corrected chi connectivity index (χ2v) is 2.15. The van der Waals surface area contributed by atoms with E-state index in [1.807, 2.05) is 0 Å². The Bertz CT molecular complexity index is 105. The van der Waals surface area contributed by atoms with Crippen LogP contribution in [0.3, 0.4) is 0 Å². The molecule has 0 rings (SSSR count). The number of nitrogens with one attached hydrogen (secondary N) is 1. The highest BCUT2D eigenvalue weighted by molar-refractivity contribution is 5.81. The SMILES string of the molecule is CNC(=O)[C@H](N)CCCN. The molecule has 1 amide bonds. The number of carbonyl (C=O) groups excluding carboxylic acids is 1. The Hall–Kier alpha value is -0.610. The van der Waals surface area contributed by atoms with Crippen LogP contribution in [0.5, 0.6) is 0 Å². The van der Waals surface area contributed by atoms with E-state index in [0.717, 1.165) is 6.42 Å². The van der Waals surface area contributed by atoms with Gasteiger partial charge in [0.2, 0.25) is 5.91 Å². The van der Waals surface area contributed by atoms with E-state index in [9.17, 15) is 4.79 Å². The maximum atomic E-state index is 10.7. The molecule has 0 saturated carbocycles. The molecule has 5 N–H and O–H groups in total. The minimum atomic E-state index is -0.395. The summed E-state index contributed by atoms with van der Waals surface area (Å²) in [5.74, 6) is -0.117. The van der Waals surface area contributed by atoms with Crippen LogP contribution in [0.2, 0.25) is 0 Å². The quantitative estimate of drug-likeness (QED) is 0.464. The highest BCUT2D eigenvalue weighted by atomic mass is 16.2. The first-order valence-electron chi connectivity index (χ1n) is 3.39. The molecule has 60 valence electrons. The van der Waals surface area contributed by atoms with Gasteiger partial charge in [0.1, 0.15) is 0 Å². The summed E-state index contributed by atoms with van der Waals surface area (Å²) >= 11 is 0. The summed E-state index contributed by atoms with van der Waals surface area (Å²) in [6, 6.07) is -0.395. The maximum absolute atomic E-state index is 10.7. The van der Waals surface area contributed by atoms with Gasteiger partial charge in [0.25, 0.3) is 0 Å². The van der Waals surface area contributed by atoms with Crippen molar-refractivity contribution in [3.05, 3.63) is 0 Å². The molecule has 0 aliphatic rings. The van der Waals surface area contributed by atoms with Gasteiger partial charge < -0.3 is 16.8 Å². The van der Waals surface area contributed by atoms with Crippen molar-refractivity contribution >= 4 is 5.91 Å². The van der Waals surface area contributed by atoms with Crippen molar-refractivity contribution in [1.82, 2.24) is 5.32 Å². The Morgan fingerprint density at radius 3 is 2.70 bits per heavy atom. The van der Waals surface area contributed by atoms with Crippen LogP contribution < -0.4 is 16.8 Å². The van der Waals surface area contributed by atoms with E-state index in [2.05, 4.69) is 5.32 Å². The second-order valence-electron chi connectivity index (χ2n) is 2.15. The minimum absolute atomic E-state index is 0.117. The van der Waals surface area contributed by atoms with E-state index in [-0.39, 0.29) is 5.91 Å². The lowest BCUT2D eigenvalue weighted by molar-refractivity contribution is -0.122. The number of amides is 1. The van der Waals surface area contributed by atoms with Crippen LogP contribution in [0.25, 0.3) is 0 Å². The Kier molecular flexibility index (Phi) is 4.88. The highest BCUT2D eigenvalue weighted by Crippen LogP contribution is 1.91. The molecule has 0 aromatic heterocycles. The number of rotatable bonds is 4. The molecule has 0 aliphatic heterocycles. The molecular weight excluding hydrogens is 130 g/mol. The standard InChI is InChI=1S/C6H15N3O/c1-9-6(10)5(8)3-2-4-7/h5H,2-4,7-8H2,1H3,(H,9,10)/t5-/m1/s1. The lowest BCUT2D eigenvalue weighted by Crippen LogP contribution is -2.38. The first kappa shape index (κ1) is 9.39. The molecule has 0 bridgehead atoms. The van der Waals surface area contributed by atoms with E-state index < -0.39 is 6.04 Å². The summed E-state index contributed by atoms with van der Waals surface area (Å²) in [5, 5.41) is 2.47. The zero-order chi connectivity index (χ0) is 7.98. The van der Waals surface area contributed by atoms with E-state index in [4.69, 9.17) is 11.5 Å². The van der Waals surface area contributed by atoms with Crippen LogP contribution >= 0.6 is 0 Å². The summed E-state index contributed by atoms with van der Waals surface area (Å²) in [5.41, 5.74) is 10.7. The molecule has 10 heavy (non-hydrogen) atoms. The number of hydrogen-bond acceptors (Lipinski definition) is 3. The van der Waals surface area contributed by atoms with Crippen molar-refractivity contribution < 1.29 is 4.79 Å². The average molecular weight is 145 g/mol. The summed E-state index contributed by atoms with van der Waals surface area (Å²) in [6.45, 7) is 0.588. The zero-order valence-corrected chi connectivity index (χ0v) is 6.26. The Balaban J connectivity index is 3.41. The fourth-order valence-electron chi connectivity index (χ4n) is 0.654. The molecule has 0 aliphatic carbocycles. The van der Waals surface area contributed by atoms with E-state index in [1.165, 1.54) is 0 Å². The van der Waals surface area contributed by atoms with Crippen molar-refractivity contribution in [1.29, 1.82) is 0 Å². The third-order valence-electron chi connectivity index (χ3n) is 1.30. The predicted octanol–water partition coefficient (Wildman–Crippen LogP) is -1.20. The van der Waals surface area contributed by atoms with Crippen LogP contribution in [0.4, 0.5) is 0 Å². The van der Waals surface area contributed by atoms with Gasteiger partial charge in [-0.05, 0) is 19.4 Å². The first-order chi connectivity index (χ1) is 4.72. The topological polar surface area (TPSA) is 81.1 Å². The van der Waals surface area contributed by atoms with E-state index >= 15 is 0 Å². The number of hydrogen-bond donors (Lipinski definition) is 3. The fraction of sp³-hybridized carbons (Fsp3) is 0.833. The summed E-state index contributed by atoms with van der Waals surface area (Å²) in [7, 11) is 1.57. The molecule has 0 saturated heterocycles. The fourth-order valence-corrected chi connectivity index (χ4v) is 0.654. The third kappa shape index (κ3) is 3.42. The van der Waals surface area contributed by atoms with Gasteiger partial charge in [-0.15, -0.1) is 0 Å². The van der Waals surface area contributed by atoms with Gasteiger partial charge >= 0.3 is 0 Å². The van der Waals surface area contributed by atoms with Crippen LogP contribution in [0.1, 0.15) is 12.8 Å². The third-order valence-corrected chi connectivity index (χ3v) is 1.30. The number of nitrogens with two attached hydrogens (primary N) is 2. The molecule has 0 fully saturated rings. The minimum Gasteiger partial charge on any atom is -0.358 e. The van der Waals surface area contributed by atoms with Crippen molar-refractivity contribution in [2.45, 2.75) is 18.9 Å². The summed E-state index contributed by atoms with van der Waals surface area (Å²) < 4.78 is 0. The van der Waals surface area contributed by atoms with Crippen molar-refractivity contribution in [3.63, 3.8) is 0 Å². The van der Waals surface area contributed by atoms with Crippen molar-refractivity contribution in [3.8, 4) is 0 Å². The van der Waals surface area contributed by atoms with Gasteiger partial charge in [0.05, 0.1) is 6.04 Å². The Labute approximate surface area is 61.0 Å². The van der Waals surface area contributed by atoms with Gasteiger partial charge in [-0.25, -0.2) is 0 Å². The smallest absolute Gasteiger partial charge is 0.236 e. The summed E-state index contributed by atoms with van der Waals surface area (Å²) in [4.78, 5) is 10.7. The molecule has 1 atom stereocenters. The van der Waals surface area contributed by atoms with Gasteiger partial charge in [-0.2, -0.15) is 0 Å². The lowest BCUT2D eigenvalue weighted by Gasteiger charge is -2.07. The normalized spacial score (nSPS) is 12.7. The molecule has 0 aromatic rings. The monoisotopic (exact) mass is 145 g/mol. The van der Waals surface area contributed by atoms with Crippen LogP contribution in [0, 0.1) is 0 Å². The Morgan fingerprint density at radius 1 is 1.70 bits per heavy atom. The number of likely N-dealkylation sites (N-methyl/N-ethyl adjacent to an activating group) is 1. The molecular formula is C6H15N3O. The van der Waals surface area contributed by atoms with Gasteiger partial charge in [0.15, 0.2) is 0 Å².